The molecule has 1 unspecified atom stereocenters. The van der Waals surface area contributed by atoms with Crippen molar-refractivity contribution in [3.63, 3.8) is 0 Å². The summed E-state index contributed by atoms with van der Waals surface area (Å²) < 4.78 is 16.7. The van der Waals surface area contributed by atoms with Gasteiger partial charge in [0.2, 0.25) is 0 Å². The second-order valence-electron chi connectivity index (χ2n) is 16.4. The summed E-state index contributed by atoms with van der Waals surface area (Å²) in [5.41, 5.74) is 0. The Balaban J connectivity index is 4.37. The number of allylic oxidation sites excluding steroid dienone is 12. The molecule has 0 amide bonds. The van der Waals surface area contributed by atoms with Crippen molar-refractivity contribution in [3.05, 3.63) is 72.9 Å². The van der Waals surface area contributed by atoms with Crippen LogP contribution in [-0.4, -0.2) is 37.2 Å². The number of ether oxygens (including phenoxy) is 3. The van der Waals surface area contributed by atoms with Crippen LogP contribution in [0.3, 0.4) is 0 Å². The molecule has 0 aliphatic heterocycles. The maximum atomic E-state index is 12.7. The lowest BCUT2D eigenvalue weighted by atomic mass is 10.1. The molecule has 0 saturated heterocycles. The molecule has 0 aliphatic carbocycles. The molecule has 0 rings (SSSR count). The van der Waals surface area contributed by atoms with Crippen molar-refractivity contribution < 1.29 is 28.6 Å². The van der Waals surface area contributed by atoms with Crippen LogP contribution in [0.4, 0.5) is 0 Å². The number of esters is 3. The highest BCUT2D eigenvalue weighted by Gasteiger charge is 2.19. The summed E-state index contributed by atoms with van der Waals surface area (Å²) in [7, 11) is 0. The highest BCUT2D eigenvalue weighted by molar-refractivity contribution is 5.71. The first-order chi connectivity index (χ1) is 29.5. The van der Waals surface area contributed by atoms with Gasteiger partial charge in [0, 0.05) is 19.3 Å². The highest BCUT2D eigenvalue weighted by Crippen LogP contribution is 2.14. The monoisotopic (exact) mass is 837 g/mol. The lowest BCUT2D eigenvalue weighted by Gasteiger charge is -2.18. The molecule has 60 heavy (non-hydrogen) atoms. The maximum Gasteiger partial charge on any atom is 0.306 e. The zero-order chi connectivity index (χ0) is 43.7. The van der Waals surface area contributed by atoms with Crippen LogP contribution in [0.25, 0.3) is 0 Å². The average Bonchev–Trinajstić information content (AvgIpc) is 3.24. The molecule has 0 aromatic carbocycles. The van der Waals surface area contributed by atoms with Crippen LogP contribution in [-0.2, 0) is 28.6 Å². The van der Waals surface area contributed by atoms with Gasteiger partial charge in [0.05, 0.1) is 0 Å². The summed E-state index contributed by atoms with van der Waals surface area (Å²) in [6, 6.07) is 0. The molecule has 0 N–H and O–H groups in total. The van der Waals surface area contributed by atoms with Crippen molar-refractivity contribution in [1.29, 1.82) is 0 Å². The maximum absolute atomic E-state index is 12.7. The molecule has 0 bridgehead atoms. The van der Waals surface area contributed by atoms with Crippen LogP contribution >= 0.6 is 0 Å². The van der Waals surface area contributed by atoms with Crippen molar-refractivity contribution in [2.45, 2.75) is 239 Å². The number of carbonyl (C=O) groups excluding carboxylic acids is 3. The Morgan fingerprint density at radius 2 is 0.717 bits per heavy atom. The number of hydrogen-bond acceptors (Lipinski definition) is 6. The Bertz CT molecular complexity index is 1140. The van der Waals surface area contributed by atoms with Crippen molar-refractivity contribution in [2.75, 3.05) is 13.2 Å². The normalized spacial score (nSPS) is 12.7. The van der Waals surface area contributed by atoms with Crippen LogP contribution in [0.15, 0.2) is 72.9 Å². The predicted molar refractivity (Wildman–Crippen MR) is 256 cm³/mol. The first-order valence-corrected chi connectivity index (χ1v) is 25.0. The van der Waals surface area contributed by atoms with Crippen LogP contribution in [0.5, 0.6) is 0 Å². The second kappa shape index (κ2) is 48.5. The fraction of sp³-hybridized carbons (Fsp3) is 0.722. The third-order valence-corrected chi connectivity index (χ3v) is 10.4. The number of carbonyl (C=O) groups is 3. The quantitative estimate of drug-likeness (QED) is 0.0200. The minimum Gasteiger partial charge on any atom is -0.462 e. The van der Waals surface area contributed by atoms with E-state index in [4.69, 9.17) is 14.2 Å². The molecule has 0 aliphatic rings. The lowest BCUT2D eigenvalue weighted by Crippen LogP contribution is -2.30. The van der Waals surface area contributed by atoms with Crippen molar-refractivity contribution in [1.82, 2.24) is 0 Å². The van der Waals surface area contributed by atoms with Gasteiger partial charge in [-0.15, -0.1) is 0 Å². The number of unbranched alkanes of at least 4 members (excludes halogenated alkanes) is 22. The number of rotatable bonds is 44. The van der Waals surface area contributed by atoms with E-state index >= 15 is 0 Å². The molecule has 0 aromatic heterocycles. The highest BCUT2D eigenvalue weighted by atomic mass is 16.6. The van der Waals surface area contributed by atoms with Gasteiger partial charge in [-0.05, 0) is 96.3 Å². The third-order valence-electron chi connectivity index (χ3n) is 10.4. The zero-order valence-corrected chi connectivity index (χ0v) is 39.2. The largest absolute Gasteiger partial charge is 0.462 e. The SMILES string of the molecule is CC/C=C\C/C=C\C/C=C\CCCCC(=O)OC(COC(=O)CCCCCCC/C=C\CCCC)COC(=O)CCCCCCCCCCCC/C=C\C=C/CCCCC. The minimum absolute atomic E-state index is 0.0955. The summed E-state index contributed by atoms with van der Waals surface area (Å²) in [6.07, 6.45) is 60.3. The van der Waals surface area contributed by atoms with Crippen LogP contribution in [0, 0.1) is 0 Å². The van der Waals surface area contributed by atoms with Crippen LogP contribution < -0.4 is 0 Å². The summed E-state index contributed by atoms with van der Waals surface area (Å²) in [5.74, 6) is -0.951. The van der Waals surface area contributed by atoms with E-state index in [0.29, 0.717) is 19.3 Å². The molecule has 344 valence electrons. The fourth-order valence-electron chi connectivity index (χ4n) is 6.66. The molecule has 6 heteroatoms. The van der Waals surface area contributed by atoms with Crippen molar-refractivity contribution >= 4 is 17.9 Å². The van der Waals surface area contributed by atoms with Gasteiger partial charge in [0.15, 0.2) is 6.10 Å². The topological polar surface area (TPSA) is 78.9 Å². The van der Waals surface area contributed by atoms with E-state index in [0.717, 1.165) is 83.5 Å². The predicted octanol–water partition coefficient (Wildman–Crippen LogP) is 16.3. The van der Waals surface area contributed by atoms with Crippen LogP contribution in [0.1, 0.15) is 233 Å². The Hall–Kier alpha value is -3.15. The van der Waals surface area contributed by atoms with Gasteiger partial charge in [-0.2, -0.15) is 0 Å². The summed E-state index contributed by atoms with van der Waals surface area (Å²) >= 11 is 0. The summed E-state index contributed by atoms with van der Waals surface area (Å²) in [6.45, 7) is 6.40. The van der Waals surface area contributed by atoms with Gasteiger partial charge < -0.3 is 14.2 Å². The molecule has 1 atom stereocenters. The first-order valence-electron chi connectivity index (χ1n) is 25.0. The van der Waals surface area contributed by atoms with E-state index in [-0.39, 0.29) is 37.5 Å². The Labute approximate surface area is 370 Å². The molecular formula is C54H92O6. The standard InChI is InChI=1S/C54H92O6/c1-4-7-10-13-16-19-22-24-25-26-27-28-29-30-33-35-38-41-44-47-53(56)59-50-51(49-58-52(55)46-43-40-37-34-31-21-18-15-12-9-6-3)60-54(57)48-45-42-39-36-32-23-20-17-14-11-8-5-2/h8,11,15-20,22,24,32,36,51H,4-7,9-10,12-14,21,23,25-31,33-35,37-50H2,1-3H3/b11-8-,18-15-,19-16-,20-17-,24-22-,36-32-. The van der Waals surface area contributed by atoms with E-state index in [1.807, 2.05) is 0 Å². The molecule has 6 nitrogen and oxygen atoms in total. The van der Waals surface area contributed by atoms with E-state index < -0.39 is 6.10 Å². The van der Waals surface area contributed by atoms with E-state index in [1.54, 1.807) is 0 Å². The minimum atomic E-state index is -0.798. The average molecular weight is 837 g/mol. The van der Waals surface area contributed by atoms with Crippen molar-refractivity contribution in [3.8, 4) is 0 Å². The molecule has 0 fully saturated rings. The lowest BCUT2D eigenvalue weighted by molar-refractivity contribution is -0.167. The van der Waals surface area contributed by atoms with Gasteiger partial charge in [-0.25, -0.2) is 0 Å². The first kappa shape index (κ1) is 56.9. The van der Waals surface area contributed by atoms with E-state index in [1.165, 1.54) is 103 Å². The molecule has 0 radical (unpaired) electrons. The molecule has 0 heterocycles. The Morgan fingerprint density at radius 3 is 1.22 bits per heavy atom. The molecule has 0 saturated carbocycles. The van der Waals surface area contributed by atoms with Gasteiger partial charge >= 0.3 is 17.9 Å². The van der Waals surface area contributed by atoms with Gasteiger partial charge in [-0.1, -0.05) is 190 Å². The zero-order valence-electron chi connectivity index (χ0n) is 39.2. The Kier molecular flexibility index (Phi) is 46.0. The molecular weight excluding hydrogens is 745 g/mol. The van der Waals surface area contributed by atoms with Crippen LogP contribution in [0.2, 0.25) is 0 Å². The van der Waals surface area contributed by atoms with Gasteiger partial charge in [-0.3, -0.25) is 14.4 Å². The van der Waals surface area contributed by atoms with E-state index in [2.05, 4.69) is 93.7 Å². The Morgan fingerprint density at radius 1 is 0.367 bits per heavy atom. The van der Waals surface area contributed by atoms with Gasteiger partial charge in [0.1, 0.15) is 13.2 Å². The smallest absolute Gasteiger partial charge is 0.306 e. The fourth-order valence-corrected chi connectivity index (χ4v) is 6.66. The van der Waals surface area contributed by atoms with Gasteiger partial charge in [0.25, 0.3) is 0 Å². The summed E-state index contributed by atoms with van der Waals surface area (Å²) in [5, 5.41) is 0. The molecule has 0 spiro atoms. The number of hydrogen-bond donors (Lipinski definition) is 0. The molecule has 0 aromatic rings. The second-order valence-corrected chi connectivity index (χ2v) is 16.4. The van der Waals surface area contributed by atoms with Crippen molar-refractivity contribution in [2.24, 2.45) is 0 Å². The van der Waals surface area contributed by atoms with E-state index in [9.17, 15) is 14.4 Å². The third kappa shape index (κ3) is 45.9. The summed E-state index contributed by atoms with van der Waals surface area (Å²) in [4.78, 5) is 37.8.